The van der Waals surface area contributed by atoms with Crippen LogP contribution in [0.2, 0.25) is 0 Å². The molecule has 112 valence electrons. The van der Waals surface area contributed by atoms with E-state index in [1.165, 1.54) is 12.1 Å². The maximum Gasteiger partial charge on any atom is 0.238 e. The van der Waals surface area contributed by atoms with Gasteiger partial charge in [0.25, 0.3) is 0 Å². The summed E-state index contributed by atoms with van der Waals surface area (Å²) >= 11 is 0. The second-order valence-electron chi connectivity index (χ2n) is 4.94. The van der Waals surface area contributed by atoms with Crippen molar-refractivity contribution in [3.63, 3.8) is 0 Å². The Balaban J connectivity index is 2.28. The number of rotatable bonds is 5. The molecular weight excluding hydrogens is 278 g/mol. The minimum atomic E-state index is -3.72. The molecule has 2 rings (SSSR count). The Morgan fingerprint density at radius 2 is 2.20 bits per heavy atom. The van der Waals surface area contributed by atoms with Crippen molar-refractivity contribution in [2.45, 2.75) is 30.8 Å². The fourth-order valence-electron chi connectivity index (χ4n) is 2.41. The number of anilines is 2. The van der Waals surface area contributed by atoms with E-state index >= 15 is 0 Å². The number of hydrogen-bond acceptors (Lipinski definition) is 5. The van der Waals surface area contributed by atoms with Gasteiger partial charge in [0, 0.05) is 19.7 Å². The lowest BCUT2D eigenvalue weighted by molar-refractivity contribution is 0.116. The first-order valence-electron chi connectivity index (χ1n) is 6.70. The zero-order valence-electron chi connectivity index (χ0n) is 11.6. The molecule has 7 heteroatoms. The predicted molar refractivity (Wildman–Crippen MR) is 79.1 cm³/mol. The standard InChI is InChI=1S/C13H21N3O3S/c1-2-16(9-10-4-3-7-19-10)13-8-11(20(15,17)18)5-6-12(13)14/h5-6,8,10H,2-4,7,9,14H2,1H3,(H2,15,17,18). The van der Waals surface area contributed by atoms with Gasteiger partial charge < -0.3 is 15.4 Å². The van der Waals surface area contributed by atoms with Gasteiger partial charge in [-0.25, -0.2) is 13.6 Å². The van der Waals surface area contributed by atoms with Gasteiger partial charge in [-0.05, 0) is 38.0 Å². The van der Waals surface area contributed by atoms with Crippen LogP contribution in [0.1, 0.15) is 19.8 Å². The zero-order valence-corrected chi connectivity index (χ0v) is 12.4. The normalized spacial score (nSPS) is 19.2. The molecule has 1 aromatic carbocycles. The van der Waals surface area contributed by atoms with E-state index in [1.807, 2.05) is 11.8 Å². The quantitative estimate of drug-likeness (QED) is 0.788. The Hall–Kier alpha value is -1.31. The molecule has 6 nitrogen and oxygen atoms in total. The van der Waals surface area contributed by atoms with Gasteiger partial charge in [-0.2, -0.15) is 0 Å². The average molecular weight is 299 g/mol. The van der Waals surface area contributed by atoms with E-state index in [1.54, 1.807) is 6.07 Å². The molecule has 0 radical (unpaired) electrons. The molecular formula is C13H21N3O3S. The van der Waals surface area contributed by atoms with Gasteiger partial charge in [0.2, 0.25) is 10.0 Å². The molecule has 4 N–H and O–H groups in total. The molecule has 0 spiro atoms. The van der Waals surface area contributed by atoms with Crippen LogP contribution in [0.5, 0.6) is 0 Å². The van der Waals surface area contributed by atoms with Crippen LogP contribution in [0.4, 0.5) is 11.4 Å². The lowest BCUT2D eigenvalue weighted by atomic mass is 10.2. The number of hydrogen-bond donors (Lipinski definition) is 2. The highest BCUT2D eigenvalue weighted by atomic mass is 32.2. The van der Waals surface area contributed by atoms with Crippen LogP contribution in [0.15, 0.2) is 23.1 Å². The van der Waals surface area contributed by atoms with Gasteiger partial charge in [0.05, 0.1) is 22.4 Å². The molecule has 1 saturated heterocycles. The maximum atomic E-state index is 11.4. The number of ether oxygens (including phenoxy) is 1. The first-order chi connectivity index (χ1) is 9.41. The topological polar surface area (TPSA) is 98.6 Å². The molecule has 1 aliphatic rings. The third-order valence-corrected chi connectivity index (χ3v) is 4.41. The zero-order chi connectivity index (χ0) is 14.8. The SMILES string of the molecule is CCN(CC1CCCO1)c1cc(S(N)(=O)=O)ccc1N. The number of likely N-dealkylation sites (N-methyl/N-ethyl adjacent to an activating group) is 1. The molecule has 1 unspecified atom stereocenters. The molecule has 1 heterocycles. The molecule has 0 aliphatic carbocycles. The van der Waals surface area contributed by atoms with E-state index in [0.717, 1.165) is 26.0 Å². The maximum absolute atomic E-state index is 11.4. The van der Waals surface area contributed by atoms with Crippen LogP contribution in [0, 0.1) is 0 Å². The number of nitrogens with two attached hydrogens (primary N) is 2. The Kier molecular flexibility index (Phi) is 4.52. The summed E-state index contributed by atoms with van der Waals surface area (Å²) in [5, 5.41) is 5.17. The van der Waals surface area contributed by atoms with Gasteiger partial charge in [0.1, 0.15) is 0 Å². The molecule has 1 atom stereocenters. The summed E-state index contributed by atoms with van der Waals surface area (Å²) in [6, 6.07) is 4.53. The lowest BCUT2D eigenvalue weighted by Gasteiger charge is -2.27. The summed E-state index contributed by atoms with van der Waals surface area (Å²) in [5.41, 5.74) is 7.19. The summed E-state index contributed by atoms with van der Waals surface area (Å²) in [5.74, 6) is 0. The Labute approximate surface area is 119 Å². The molecule has 0 saturated carbocycles. The van der Waals surface area contributed by atoms with Crippen LogP contribution in [0.3, 0.4) is 0 Å². The minimum absolute atomic E-state index is 0.0764. The molecule has 1 aliphatic heterocycles. The summed E-state index contributed by atoms with van der Waals surface area (Å²) in [7, 11) is -3.72. The third-order valence-electron chi connectivity index (χ3n) is 3.50. The van der Waals surface area contributed by atoms with Crippen LogP contribution < -0.4 is 15.8 Å². The Bertz CT molecular complexity index is 568. The van der Waals surface area contributed by atoms with Crippen molar-refractivity contribution in [3.05, 3.63) is 18.2 Å². The van der Waals surface area contributed by atoms with Gasteiger partial charge in [-0.3, -0.25) is 0 Å². The van der Waals surface area contributed by atoms with Crippen LogP contribution in [0.25, 0.3) is 0 Å². The van der Waals surface area contributed by atoms with E-state index in [-0.39, 0.29) is 11.0 Å². The van der Waals surface area contributed by atoms with Crippen molar-refractivity contribution < 1.29 is 13.2 Å². The van der Waals surface area contributed by atoms with Gasteiger partial charge in [-0.1, -0.05) is 0 Å². The fraction of sp³-hybridized carbons (Fsp3) is 0.538. The smallest absolute Gasteiger partial charge is 0.238 e. The monoisotopic (exact) mass is 299 g/mol. The lowest BCUT2D eigenvalue weighted by Crippen LogP contribution is -2.32. The molecule has 0 bridgehead atoms. The average Bonchev–Trinajstić information content (AvgIpc) is 2.88. The largest absolute Gasteiger partial charge is 0.397 e. The highest BCUT2D eigenvalue weighted by Gasteiger charge is 2.21. The summed E-state index contributed by atoms with van der Waals surface area (Å²) < 4.78 is 28.5. The van der Waals surface area contributed by atoms with E-state index in [2.05, 4.69) is 0 Å². The number of nitrogens with zero attached hydrogens (tertiary/aromatic N) is 1. The number of benzene rings is 1. The van der Waals surface area contributed by atoms with Crippen molar-refractivity contribution in [1.29, 1.82) is 0 Å². The summed E-state index contributed by atoms with van der Waals surface area (Å²) in [4.78, 5) is 2.10. The van der Waals surface area contributed by atoms with Crippen molar-refractivity contribution in [2.24, 2.45) is 5.14 Å². The molecule has 20 heavy (non-hydrogen) atoms. The second kappa shape index (κ2) is 5.99. The molecule has 0 amide bonds. The second-order valence-corrected chi connectivity index (χ2v) is 6.50. The van der Waals surface area contributed by atoms with Gasteiger partial charge in [-0.15, -0.1) is 0 Å². The number of sulfonamides is 1. The third kappa shape index (κ3) is 3.41. The van der Waals surface area contributed by atoms with Crippen molar-refractivity contribution in [1.82, 2.24) is 0 Å². The van der Waals surface area contributed by atoms with Crippen molar-refractivity contribution in [3.8, 4) is 0 Å². The van der Waals surface area contributed by atoms with E-state index in [0.29, 0.717) is 17.9 Å². The van der Waals surface area contributed by atoms with Crippen LogP contribution in [-0.2, 0) is 14.8 Å². The van der Waals surface area contributed by atoms with E-state index < -0.39 is 10.0 Å². The molecule has 1 fully saturated rings. The minimum Gasteiger partial charge on any atom is -0.397 e. The number of primary sulfonamides is 1. The molecule has 0 aromatic heterocycles. The summed E-state index contributed by atoms with van der Waals surface area (Å²) in [6.45, 7) is 4.21. The van der Waals surface area contributed by atoms with Crippen molar-refractivity contribution >= 4 is 21.4 Å². The first-order valence-corrected chi connectivity index (χ1v) is 8.25. The van der Waals surface area contributed by atoms with Gasteiger partial charge >= 0.3 is 0 Å². The number of nitrogen functional groups attached to an aromatic ring is 1. The fourth-order valence-corrected chi connectivity index (χ4v) is 2.94. The Morgan fingerprint density at radius 1 is 1.45 bits per heavy atom. The highest BCUT2D eigenvalue weighted by molar-refractivity contribution is 7.89. The van der Waals surface area contributed by atoms with E-state index in [9.17, 15) is 8.42 Å². The van der Waals surface area contributed by atoms with Crippen LogP contribution in [-0.4, -0.2) is 34.2 Å². The molecule has 1 aromatic rings. The van der Waals surface area contributed by atoms with E-state index in [4.69, 9.17) is 15.6 Å². The van der Waals surface area contributed by atoms with Crippen LogP contribution >= 0.6 is 0 Å². The van der Waals surface area contributed by atoms with Gasteiger partial charge in [0.15, 0.2) is 0 Å². The Morgan fingerprint density at radius 3 is 2.75 bits per heavy atom. The van der Waals surface area contributed by atoms with Crippen molar-refractivity contribution in [2.75, 3.05) is 30.3 Å². The first kappa shape index (κ1) is 15.1. The highest BCUT2D eigenvalue weighted by Crippen LogP contribution is 2.27. The predicted octanol–water partition coefficient (Wildman–Crippen LogP) is 0.921. The summed E-state index contributed by atoms with van der Waals surface area (Å²) in [6.07, 6.45) is 2.26.